The van der Waals surface area contributed by atoms with Crippen LogP contribution in [0.25, 0.3) is 11.0 Å². The van der Waals surface area contributed by atoms with Gasteiger partial charge in [0.1, 0.15) is 0 Å². The molecule has 1 aromatic carbocycles. The number of rotatable bonds is 3. The molecule has 1 fully saturated rings. The van der Waals surface area contributed by atoms with Crippen LogP contribution in [0.4, 0.5) is 0 Å². The molecule has 0 saturated carbocycles. The van der Waals surface area contributed by atoms with Gasteiger partial charge in [-0.25, -0.2) is 4.98 Å². The van der Waals surface area contributed by atoms with Gasteiger partial charge in [0.25, 0.3) is 5.91 Å². The van der Waals surface area contributed by atoms with Crippen LogP contribution >= 0.6 is 0 Å². The second kappa shape index (κ2) is 7.12. The summed E-state index contributed by atoms with van der Waals surface area (Å²) in [5, 5.41) is 8.75. The molecule has 27 heavy (non-hydrogen) atoms. The maximum Gasteiger partial charge on any atom is 0.256 e. The monoisotopic (exact) mass is 363 g/mol. The van der Waals surface area contributed by atoms with Crippen LogP contribution in [-0.2, 0) is 13.5 Å². The zero-order chi connectivity index (χ0) is 19.0. The lowest BCUT2D eigenvalue weighted by Crippen LogP contribution is -2.48. The highest BCUT2D eigenvalue weighted by Gasteiger charge is 2.29. The molecule has 2 aromatic heterocycles. The smallest absolute Gasteiger partial charge is 0.256 e. The topological polar surface area (TPSA) is 63.1 Å². The van der Waals surface area contributed by atoms with Gasteiger partial charge in [0.2, 0.25) is 0 Å². The zero-order valence-electron chi connectivity index (χ0n) is 16.1. The van der Waals surface area contributed by atoms with E-state index in [0.717, 1.165) is 36.2 Å². The Bertz CT molecular complexity index is 976. The Morgan fingerprint density at radius 3 is 2.81 bits per heavy atom. The van der Waals surface area contributed by atoms with Crippen molar-refractivity contribution in [2.75, 3.05) is 19.6 Å². The van der Waals surface area contributed by atoms with E-state index in [2.05, 4.69) is 46.6 Å². The van der Waals surface area contributed by atoms with E-state index < -0.39 is 0 Å². The summed E-state index contributed by atoms with van der Waals surface area (Å²) in [6.07, 6.45) is 2.69. The van der Waals surface area contributed by atoms with E-state index in [-0.39, 0.29) is 11.9 Å². The quantitative estimate of drug-likeness (QED) is 0.777. The molecule has 0 bridgehead atoms. The summed E-state index contributed by atoms with van der Waals surface area (Å²) >= 11 is 0. The molecule has 1 aliphatic heterocycles. The molecule has 1 amide bonds. The van der Waals surface area contributed by atoms with Crippen LogP contribution in [0, 0.1) is 6.92 Å². The van der Waals surface area contributed by atoms with E-state index >= 15 is 0 Å². The average Bonchev–Trinajstić information content (AvgIpc) is 3.00. The second-order valence-electron chi connectivity index (χ2n) is 7.12. The molecular weight excluding hydrogens is 338 g/mol. The fourth-order valence-electron chi connectivity index (χ4n) is 3.81. The van der Waals surface area contributed by atoms with Crippen molar-refractivity contribution in [2.45, 2.75) is 26.3 Å². The zero-order valence-corrected chi connectivity index (χ0v) is 16.1. The number of aromatic nitrogens is 3. The summed E-state index contributed by atoms with van der Waals surface area (Å²) in [4.78, 5) is 19.7. The third-order valence-electron chi connectivity index (χ3n) is 5.39. The molecule has 0 radical (unpaired) electrons. The van der Waals surface area contributed by atoms with Gasteiger partial charge in [-0.1, -0.05) is 31.2 Å². The van der Waals surface area contributed by atoms with Crippen LogP contribution in [0.15, 0.2) is 36.5 Å². The fraction of sp³-hybridized carbons (Fsp3) is 0.381. The standard InChI is InChI=1S/C21H25N5O/c1-4-15-5-7-16(8-6-15)19-13-22-9-10-26(19)21(27)17-11-18-14(2)24-25(3)20(18)23-12-17/h5-8,11-12,19,22H,4,9-10,13H2,1-3H3. The Hall–Kier alpha value is -2.73. The van der Waals surface area contributed by atoms with Crippen LogP contribution in [0.5, 0.6) is 0 Å². The first kappa shape index (κ1) is 17.7. The number of nitrogens with zero attached hydrogens (tertiary/aromatic N) is 4. The van der Waals surface area contributed by atoms with E-state index in [1.807, 2.05) is 24.9 Å². The number of hydrogen-bond acceptors (Lipinski definition) is 4. The fourth-order valence-corrected chi connectivity index (χ4v) is 3.81. The van der Waals surface area contributed by atoms with Crippen molar-refractivity contribution < 1.29 is 4.79 Å². The van der Waals surface area contributed by atoms with Gasteiger partial charge in [-0.2, -0.15) is 5.10 Å². The van der Waals surface area contributed by atoms with E-state index in [9.17, 15) is 4.79 Å². The van der Waals surface area contributed by atoms with Gasteiger partial charge >= 0.3 is 0 Å². The summed E-state index contributed by atoms with van der Waals surface area (Å²) < 4.78 is 1.75. The number of nitrogens with one attached hydrogen (secondary N) is 1. The van der Waals surface area contributed by atoms with Gasteiger partial charge in [-0.3, -0.25) is 9.48 Å². The maximum absolute atomic E-state index is 13.3. The third kappa shape index (κ3) is 3.21. The average molecular weight is 363 g/mol. The van der Waals surface area contributed by atoms with Crippen molar-refractivity contribution in [1.29, 1.82) is 0 Å². The molecule has 3 aromatic rings. The molecular formula is C21H25N5O. The highest BCUT2D eigenvalue weighted by molar-refractivity contribution is 5.97. The summed E-state index contributed by atoms with van der Waals surface area (Å²) in [5.74, 6) is 0.0266. The minimum atomic E-state index is 0.0266. The van der Waals surface area contributed by atoms with Gasteiger partial charge < -0.3 is 10.2 Å². The van der Waals surface area contributed by atoms with Crippen LogP contribution in [0.1, 0.15) is 40.1 Å². The van der Waals surface area contributed by atoms with Crippen molar-refractivity contribution in [1.82, 2.24) is 25.0 Å². The van der Waals surface area contributed by atoms with Gasteiger partial charge in [0.15, 0.2) is 5.65 Å². The van der Waals surface area contributed by atoms with Gasteiger partial charge in [-0.15, -0.1) is 0 Å². The molecule has 0 aliphatic carbocycles. The summed E-state index contributed by atoms with van der Waals surface area (Å²) in [6.45, 7) is 6.34. The Labute approximate surface area is 159 Å². The van der Waals surface area contributed by atoms with Crippen molar-refractivity contribution in [3.8, 4) is 0 Å². The predicted octanol–water partition coefficient (Wildman–Crippen LogP) is 2.63. The van der Waals surface area contributed by atoms with Crippen molar-refractivity contribution in [3.63, 3.8) is 0 Å². The van der Waals surface area contributed by atoms with Gasteiger partial charge in [-0.05, 0) is 30.5 Å². The van der Waals surface area contributed by atoms with E-state index in [4.69, 9.17) is 0 Å². The number of fused-ring (bicyclic) bond motifs is 1. The highest BCUT2D eigenvalue weighted by atomic mass is 16.2. The number of aryl methyl sites for hydroxylation is 3. The lowest BCUT2D eigenvalue weighted by Gasteiger charge is -2.36. The lowest BCUT2D eigenvalue weighted by molar-refractivity contribution is 0.0634. The van der Waals surface area contributed by atoms with Crippen LogP contribution < -0.4 is 5.32 Å². The number of piperazine rings is 1. The van der Waals surface area contributed by atoms with Gasteiger partial charge in [0.05, 0.1) is 17.3 Å². The molecule has 1 unspecified atom stereocenters. The molecule has 1 saturated heterocycles. The molecule has 1 aliphatic rings. The molecule has 140 valence electrons. The number of amides is 1. The molecule has 3 heterocycles. The van der Waals surface area contributed by atoms with Gasteiger partial charge in [0, 0.05) is 38.3 Å². The number of carbonyl (C=O) groups is 1. The number of pyridine rings is 1. The first-order valence-electron chi connectivity index (χ1n) is 9.48. The second-order valence-corrected chi connectivity index (χ2v) is 7.12. The first-order valence-corrected chi connectivity index (χ1v) is 9.48. The summed E-state index contributed by atoms with van der Waals surface area (Å²) in [7, 11) is 1.87. The Kier molecular flexibility index (Phi) is 4.66. The molecule has 6 nitrogen and oxygen atoms in total. The number of benzene rings is 1. The number of carbonyl (C=O) groups excluding carboxylic acids is 1. The van der Waals surface area contributed by atoms with Crippen LogP contribution in [0.3, 0.4) is 0 Å². The van der Waals surface area contributed by atoms with E-state index in [1.165, 1.54) is 11.1 Å². The SMILES string of the molecule is CCc1ccc(C2CNCCN2C(=O)c2cnc3c(c2)c(C)nn3C)cc1. The molecule has 0 spiro atoms. The largest absolute Gasteiger partial charge is 0.329 e. The Morgan fingerprint density at radius 1 is 1.30 bits per heavy atom. The Balaban J connectivity index is 1.66. The number of hydrogen-bond donors (Lipinski definition) is 1. The molecule has 4 rings (SSSR count). The van der Waals surface area contributed by atoms with Crippen LogP contribution in [-0.4, -0.2) is 45.2 Å². The van der Waals surface area contributed by atoms with E-state index in [0.29, 0.717) is 12.1 Å². The summed E-state index contributed by atoms with van der Waals surface area (Å²) in [6, 6.07) is 10.5. The summed E-state index contributed by atoms with van der Waals surface area (Å²) in [5.41, 5.74) is 4.79. The van der Waals surface area contributed by atoms with Crippen LogP contribution in [0.2, 0.25) is 0 Å². The van der Waals surface area contributed by atoms with Crippen molar-refractivity contribution >= 4 is 16.9 Å². The minimum absolute atomic E-state index is 0.0266. The van der Waals surface area contributed by atoms with E-state index in [1.54, 1.807) is 10.9 Å². The predicted molar refractivity (Wildman–Crippen MR) is 106 cm³/mol. The van der Waals surface area contributed by atoms with Crippen molar-refractivity contribution in [2.24, 2.45) is 7.05 Å². The Morgan fingerprint density at radius 2 is 2.07 bits per heavy atom. The highest BCUT2D eigenvalue weighted by Crippen LogP contribution is 2.26. The molecule has 1 atom stereocenters. The maximum atomic E-state index is 13.3. The molecule has 1 N–H and O–H groups in total. The normalized spacial score (nSPS) is 17.4. The lowest BCUT2D eigenvalue weighted by atomic mass is 10.00. The molecule has 6 heteroatoms. The minimum Gasteiger partial charge on any atom is -0.329 e. The first-order chi connectivity index (χ1) is 13.1. The third-order valence-corrected chi connectivity index (χ3v) is 5.39. The van der Waals surface area contributed by atoms with Crippen molar-refractivity contribution in [3.05, 3.63) is 58.9 Å².